The van der Waals surface area contributed by atoms with Crippen molar-refractivity contribution in [2.75, 3.05) is 0 Å². The number of pyridine rings is 1. The molecule has 3 nitrogen and oxygen atoms in total. The largest absolute Gasteiger partial charge is 0.331 e. The Kier molecular flexibility index (Phi) is 3.16. The van der Waals surface area contributed by atoms with Crippen LogP contribution >= 0.6 is 35.0 Å². The molecule has 0 aliphatic rings. The molecule has 3 aromatic rings. The van der Waals surface area contributed by atoms with Gasteiger partial charge in [-0.25, -0.2) is 4.98 Å². The van der Waals surface area contributed by atoms with Crippen LogP contribution in [0.4, 0.5) is 0 Å². The minimum atomic E-state index is 0.617. The molecule has 0 spiro atoms. The van der Waals surface area contributed by atoms with Gasteiger partial charge in [0.2, 0.25) is 0 Å². The molecular weight excluding hydrogens is 289 g/mol. The maximum atomic E-state index is 6.12. The van der Waals surface area contributed by atoms with E-state index in [-0.39, 0.29) is 0 Å². The Morgan fingerprint density at radius 2 is 2.06 bits per heavy atom. The second kappa shape index (κ2) is 4.80. The highest BCUT2D eigenvalue weighted by Crippen LogP contribution is 2.33. The summed E-state index contributed by atoms with van der Waals surface area (Å²) in [6.45, 7) is 0. The summed E-state index contributed by atoms with van der Waals surface area (Å²) in [5, 5.41) is 2.02. The predicted octanol–water partition coefficient (Wildman–Crippen LogP) is 4.42. The number of rotatable bonds is 2. The Balaban J connectivity index is 1.96. The van der Waals surface area contributed by atoms with E-state index in [1.165, 1.54) is 11.8 Å². The lowest BCUT2D eigenvalue weighted by atomic mass is 10.4. The molecule has 0 radical (unpaired) electrons. The molecule has 90 valence electrons. The van der Waals surface area contributed by atoms with Crippen LogP contribution in [0.2, 0.25) is 10.0 Å². The van der Waals surface area contributed by atoms with Gasteiger partial charge in [-0.3, -0.25) is 4.98 Å². The number of hydrogen-bond acceptors (Lipinski definition) is 3. The van der Waals surface area contributed by atoms with E-state index >= 15 is 0 Å². The number of nitrogens with one attached hydrogen (secondary N) is 1. The van der Waals surface area contributed by atoms with Crippen molar-refractivity contribution < 1.29 is 0 Å². The van der Waals surface area contributed by atoms with Crippen LogP contribution in [0.15, 0.2) is 46.7 Å². The summed E-state index contributed by atoms with van der Waals surface area (Å²) in [5.41, 5.74) is 1.79. The number of imidazole rings is 1. The van der Waals surface area contributed by atoms with Gasteiger partial charge in [-0.2, -0.15) is 0 Å². The molecule has 18 heavy (non-hydrogen) atoms. The molecule has 0 saturated heterocycles. The van der Waals surface area contributed by atoms with Crippen LogP contribution in [-0.2, 0) is 0 Å². The summed E-state index contributed by atoms with van der Waals surface area (Å²) >= 11 is 13.4. The van der Waals surface area contributed by atoms with Gasteiger partial charge in [-0.05, 0) is 24.3 Å². The second-order valence-corrected chi connectivity index (χ2v) is 5.49. The van der Waals surface area contributed by atoms with Crippen LogP contribution in [0.1, 0.15) is 0 Å². The topological polar surface area (TPSA) is 41.6 Å². The summed E-state index contributed by atoms with van der Waals surface area (Å²) in [7, 11) is 0. The van der Waals surface area contributed by atoms with Gasteiger partial charge < -0.3 is 4.98 Å². The summed E-state index contributed by atoms with van der Waals surface area (Å²) in [6.07, 6.45) is 3.46. The lowest BCUT2D eigenvalue weighted by molar-refractivity contribution is 1.08. The summed E-state index contributed by atoms with van der Waals surface area (Å²) in [4.78, 5) is 12.6. The third kappa shape index (κ3) is 2.32. The highest BCUT2D eigenvalue weighted by molar-refractivity contribution is 7.99. The Morgan fingerprint density at radius 1 is 1.17 bits per heavy atom. The Labute approximate surface area is 118 Å². The number of aromatic nitrogens is 3. The fourth-order valence-corrected chi connectivity index (χ4v) is 2.87. The Morgan fingerprint density at radius 3 is 2.83 bits per heavy atom. The van der Waals surface area contributed by atoms with Crippen molar-refractivity contribution >= 4 is 46.0 Å². The van der Waals surface area contributed by atoms with Crippen molar-refractivity contribution in [3.8, 4) is 0 Å². The highest BCUT2D eigenvalue weighted by Gasteiger charge is 2.07. The molecule has 3 rings (SSSR count). The predicted molar refractivity (Wildman–Crippen MR) is 74.5 cm³/mol. The van der Waals surface area contributed by atoms with Crippen molar-refractivity contribution in [2.24, 2.45) is 0 Å². The first kappa shape index (κ1) is 11.8. The number of H-pyrrole nitrogens is 1. The third-order valence-electron chi connectivity index (χ3n) is 2.36. The first-order chi connectivity index (χ1) is 8.72. The van der Waals surface area contributed by atoms with Crippen LogP contribution in [-0.4, -0.2) is 15.0 Å². The second-order valence-electron chi connectivity index (χ2n) is 3.61. The van der Waals surface area contributed by atoms with E-state index in [0.717, 1.165) is 21.1 Å². The van der Waals surface area contributed by atoms with Gasteiger partial charge in [-0.15, -0.1) is 0 Å². The average Bonchev–Trinajstić information content (AvgIpc) is 2.75. The van der Waals surface area contributed by atoms with Crippen molar-refractivity contribution in [2.45, 2.75) is 10.1 Å². The van der Waals surface area contributed by atoms with E-state index in [0.29, 0.717) is 10.0 Å². The van der Waals surface area contributed by atoms with Gasteiger partial charge >= 0.3 is 0 Å². The van der Waals surface area contributed by atoms with Crippen LogP contribution in [0, 0.1) is 0 Å². The minimum Gasteiger partial charge on any atom is -0.331 e. The SMILES string of the molecule is Clc1ccc(Sc2nc3ccncc3[nH]2)c(Cl)c1. The highest BCUT2D eigenvalue weighted by atomic mass is 35.5. The fourth-order valence-electron chi connectivity index (χ4n) is 1.54. The molecule has 0 amide bonds. The van der Waals surface area contributed by atoms with Crippen molar-refractivity contribution in [3.63, 3.8) is 0 Å². The van der Waals surface area contributed by atoms with E-state index in [9.17, 15) is 0 Å². The normalized spacial score (nSPS) is 11.0. The number of nitrogens with zero attached hydrogens (tertiary/aromatic N) is 2. The fraction of sp³-hybridized carbons (Fsp3) is 0. The van der Waals surface area contributed by atoms with Gasteiger partial charge in [0.05, 0.1) is 22.3 Å². The number of hydrogen-bond donors (Lipinski definition) is 1. The van der Waals surface area contributed by atoms with Crippen LogP contribution in [0.3, 0.4) is 0 Å². The van der Waals surface area contributed by atoms with Gasteiger partial charge in [0.25, 0.3) is 0 Å². The Bertz CT molecular complexity index is 678. The lowest BCUT2D eigenvalue weighted by Crippen LogP contribution is -1.77. The molecule has 2 aromatic heterocycles. The van der Waals surface area contributed by atoms with Crippen LogP contribution in [0.25, 0.3) is 11.0 Å². The molecule has 6 heteroatoms. The zero-order chi connectivity index (χ0) is 12.5. The molecule has 2 heterocycles. The Hall–Kier alpha value is -1.23. The third-order valence-corrected chi connectivity index (χ3v) is 3.98. The van der Waals surface area contributed by atoms with Gasteiger partial charge in [0.1, 0.15) is 0 Å². The van der Waals surface area contributed by atoms with Crippen LogP contribution < -0.4 is 0 Å². The zero-order valence-corrected chi connectivity index (χ0v) is 11.4. The first-order valence-corrected chi connectivity index (χ1v) is 6.72. The molecule has 0 bridgehead atoms. The monoisotopic (exact) mass is 295 g/mol. The number of halogens is 2. The summed E-state index contributed by atoms with van der Waals surface area (Å²) < 4.78 is 0. The maximum Gasteiger partial charge on any atom is 0.171 e. The van der Waals surface area contributed by atoms with E-state index in [1.54, 1.807) is 24.5 Å². The summed E-state index contributed by atoms with van der Waals surface area (Å²) in [5.74, 6) is 0. The summed E-state index contributed by atoms with van der Waals surface area (Å²) in [6, 6.07) is 7.26. The van der Waals surface area contributed by atoms with E-state index < -0.39 is 0 Å². The van der Waals surface area contributed by atoms with Crippen molar-refractivity contribution in [1.82, 2.24) is 15.0 Å². The molecule has 0 fully saturated rings. The lowest BCUT2D eigenvalue weighted by Gasteiger charge is -2.01. The van der Waals surface area contributed by atoms with Crippen LogP contribution in [0.5, 0.6) is 0 Å². The molecule has 0 unspecified atom stereocenters. The molecule has 1 aromatic carbocycles. The quantitative estimate of drug-likeness (QED) is 0.761. The molecular formula is C12H7Cl2N3S. The number of benzene rings is 1. The minimum absolute atomic E-state index is 0.617. The van der Waals surface area contributed by atoms with E-state index in [4.69, 9.17) is 23.2 Å². The van der Waals surface area contributed by atoms with Gasteiger partial charge in [-0.1, -0.05) is 35.0 Å². The molecule has 1 N–H and O–H groups in total. The number of fused-ring (bicyclic) bond motifs is 1. The van der Waals surface area contributed by atoms with E-state index in [1.807, 2.05) is 12.1 Å². The zero-order valence-electron chi connectivity index (χ0n) is 9.02. The van der Waals surface area contributed by atoms with E-state index in [2.05, 4.69) is 15.0 Å². The van der Waals surface area contributed by atoms with Gasteiger partial charge in [0.15, 0.2) is 5.16 Å². The average molecular weight is 296 g/mol. The standard InChI is InChI=1S/C12H7Cl2N3S/c13-7-1-2-11(8(14)5-7)18-12-16-9-3-4-15-6-10(9)17-12/h1-6H,(H,16,17). The smallest absolute Gasteiger partial charge is 0.171 e. The molecule has 0 aliphatic heterocycles. The van der Waals surface area contributed by atoms with Crippen molar-refractivity contribution in [3.05, 3.63) is 46.7 Å². The molecule has 0 aliphatic carbocycles. The first-order valence-electron chi connectivity index (χ1n) is 5.15. The molecule has 0 saturated carbocycles. The van der Waals surface area contributed by atoms with Crippen molar-refractivity contribution in [1.29, 1.82) is 0 Å². The molecule has 0 atom stereocenters. The van der Waals surface area contributed by atoms with Gasteiger partial charge in [0, 0.05) is 16.1 Å². The number of aromatic amines is 1. The maximum absolute atomic E-state index is 6.12.